The van der Waals surface area contributed by atoms with Gasteiger partial charge in [-0.15, -0.1) is 0 Å². The maximum Gasteiger partial charge on any atom is 0.311 e. The van der Waals surface area contributed by atoms with Crippen molar-refractivity contribution in [3.8, 4) is 0 Å². The average molecular weight is 383 g/mol. The van der Waals surface area contributed by atoms with Crippen molar-refractivity contribution in [1.29, 1.82) is 0 Å². The third-order valence-corrected chi connectivity index (χ3v) is 5.82. The van der Waals surface area contributed by atoms with Crippen LogP contribution in [0.1, 0.15) is 144 Å². The van der Waals surface area contributed by atoms with Gasteiger partial charge >= 0.3 is 5.97 Å². The van der Waals surface area contributed by atoms with E-state index in [2.05, 4.69) is 34.6 Å². The Labute approximate surface area is 171 Å². The predicted molar refractivity (Wildman–Crippen MR) is 119 cm³/mol. The highest BCUT2D eigenvalue weighted by Gasteiger charge is 2.30. The van der Waals surface area contributed by atoms with Crippen LogP contribution in [0.3, 0.4) is 0 Å². The van der Waals surface area contributed by atoms with Gasteiger partial charge in [0.25, 0.3) is 0 Å². The number of ether oxygens (including phenoxy) is 1. The van der Waals surface area contributed by atoms with Gasteiger partial charge in [-0.05, 0) is 39.5 Å². The van der Waals surface area contributed by atoms with E-state index in [9.17, 15) is 4.79 Å². The Morgan fingerprint density at radius 1 is 0.704 bits per heavy atom. The normalized spacial score (nSPS) is 12.9. The molecule has 0 aliphatic heterocycles. The fourth-order valence-corrected chi connectivity index (χ4v) is 3.61. The molecule has 1 unspecified atom stereocenters. The van der Waals surface area contributed by atoms with E-state index in [4.69, 9.17) is 4.74 Å². The van der Waals surface area contributed by atoms with E-state index in [-0.39, 0.29) is 17.5 Å². The molecule has 0 aromatic heterocycles. The number of hydrogen-bond acceptors (Lipinski definition) is 2. The fourth-order valence-electron chi connectivity index (χ4n) is 3.61. The van der Waals surface area contributed by atoms with E-state index < -0.39 is 0 Å². The van der Waals surface area contributed by atoms with E-state index in [1.165, 1.54) is 83.5 Å². The van der Waals surface area contributed by atoms with Crippen LogP contribution in [0, 0.1) is 5.41 Å². The topological polar surface area (TPSA) is 26.3 Å². The van der Waals surface area contributed by atoms with E-state index in [1.807, 2.05) is 0 Å². The van der Waals surface area contributed by atoms with Gasteiger partial charge in [0.05, 0.1) is 5.41 Å². The largest absolute Gasteiger partial charge is 0.462 e. The summed E-state index contributed by atoms with van der Waals surface area (Å²) in [5.74, 6) is 0.0120. The Balaban J connectivity index is 3.77. The van der Waals surface area contributed by atoms with Gasteiger partial charge in [-0.25, -0.2) is 0 Å². The summed E-state index contributed by atoms with van der Waals surface area (Å²) in [6.07, 6.45) is 21.5. The van der Waals surface area contributed by atoms with Gasteiger partial charge in [-0.2, -0.15) is 0 Å². The molecule has 0 spiro atoms. The number of unbranched alkanes of at least 4 members (excludes halogenated alkanes) is 12. The van der Waals surface area contributed by atoms with Crippen molar-refractivity contribution in [1.82, 2.24) is 0 Å². The number of rotatable bonds is 19. The lowest BCUT2D eigenvalue weighted by Crippen LogP contribution is -2.30. The zero-order valence-corrected chi connectivity index (χ0v) is 19.4. The zero-order valence-electron chi connectivity index (χ0n) is 19.4. The molecule has 0 amide bonds. The lowest BCUT2D eigenvalue weighted by molar-refractivity contribution is -0.160. The number of esters is 1. The van der Waals surface area contributed by atoms with Crippen LogP contribution < -0.4 is 0 Å². The van der Waals surface area contributed by atoms with Crippen LogP contribution >= 0.6 is 0 Å². The maximum absolute atomic E-state index is 12.6. The molecule has 0 saturated carbocycles. The number of hydrogen-bond donors (Lipinski definition) is 0. The Morgan fingerprint density at radius 2 is 1.15 bits per heavy atom. The molecule has 0 radical (unpaired) electrons. The number of carbonyl (C=O) groups excluding carboxylic acids is 1. The van der Waals surface area contributed by atoms with E-state index in [0.717, 1.165) is 25.7 Å². The van der Waals surface area contributed by atoms with Crippen molar-refractivity contribution in [3.63, 3.8) is 0 Å². The molecule has 0 fully saturated rings. The summed E-state index contributed by atoms with van der Waals surface area (Å²) in [5.41, 5.74) is -0.336. The van der Waals surface area contributed by atoms with Gasteiger partial charge in [-0.1, -0.05) is 104 Å². The molecule has 0 aliphatic rings. The molecule has 0 saturated heterocycles. The minimum absolute atomic E-state index is 0.0120. The second kappa shape index (κ2) is 17.6. The van der Waals surface area contributed by atoms with Crippen molar-refractivity contribution < 1.29 is 9.53 Å². The van der Waals surface area contributed by atoms with Gasteiger partial charge in [0.15, 0.2) is 0 Å². The fraction of sp³-hybridized carbons (Fsp3) is 0.960. The van der Waals surface area contributed by atoms with E-state index in [1.54, 1.807) is 0 Å². The summed E-state index contributed by atoms with van der Waals surface area (Å²) in [5, 5.41) is 0. The van der Waals surface area contributed by atoms with Crippen LogP contribution in [0.5, 0.6) is 0 Å². The van der Waals surface area contributed by atoms with Gasteiger partial charge in [-0.3, -0.25) is 4.79 Å². The lowest BCUT2D eigenvalue weighted by atomic mass is 9.86. The van der Waals surface area contributed by atoms with Gasteiger partial charge < -0.3 is 4.74 Å². The van der Waals surface area contributed by atoms with Crippen molar-refractivity contribution in [3.05, 3.63) is 0 Å². The van der Waals surface area contributed by atoms with Gasteiger partial charge in [0.1, 0.15) is 6.10 Å². The van der Waals surface area contributed by atoms with E-state index in [0.29, 0.717) is 0 Å². The number of carbonyl (C=O) groups is 1. The summed E-state index contributed by atoms with van der Waals surface area (Å²) in [7, 11) is 0. The first-order chi connectivity index (χ1) is 13.0. The second-order valence-corrected chi connectivity index (χ2v) is 9.10. The minimum atomic E-state index is -0.336. The first-order valence-corrected chi connectivity index (χ1v) is 12.2. The zero-order chi connectivity index (χ0) is 20.4. The summed E-state index contributed by atoms with van der Waals surface area (Å²) >= 11 is 0. The summed E-state index contributed by atoms with van der Waals surface area (Å²) < 4.78 is 5.82. The summed E-state index contributed by atoms with van der Waals surface area (Å²) in [6.45, 7) is 10.7. The quantitative estimate of drug-likeness (QED) is 0.165. The van der Waals surface area contributed by atoms with Crippen molar-refractivity contribution >= 4 is 5.97 Å². The molecule has 0 rings (SSSR count). The monoisotopic (exact) mass is 382 g/mol. The van der Waals surface area contributed by atoms with Crippen LogP contribution in [0.2, 0.25) is 0 Å². The maximum atomic E-state index is 12.6. The standard InChI is InChI=1S/C25H50O2/c1-6-9-11-12-13-14-15-16-17-18-20-22-25(4,5)24(26)27-23(8-3)21-19-10-7-2/h23H,6-22H2,1-5H3. The molecule has 2 heteroatoms. The van der Waals surface area contributed by atoms with Gasteiger partial charge in [0.2, 0.25) is 0 Å². The Hall–Kier alpha value is -0.530. The highest BCUT2D eigenvalue weighted by molar-refractivity contribution is 5.76. The molecule has 0 aromatic rings. The second-order valence-electron chi connectivity index (χ2n) is 9.10. The van der Waals surface area contributed by atoms with Crippen LogP contribution in [0.4, 0.5) is 0 Å². The minimum Gasteiger partial charge on any atom is -0.462 e. The predicted octanol–water partition coefficient (Wildman–Crippen LogP) is 8.62. The van der Waals surface area contributed by atoms with Crippen molar-refractivity contribution in [2.75, 3.05) is 0 Å². The summed E-state index contributed by atoms with van der Waals surface area (Å²) in [4.78, 5) is 12.6. The van der Waals surface area contributed by atoms with Crippen molar-refractivity contribution in [2.45, 2.75) is 150 Å². The molecular weight excluding hydrogens is 332 g/mol. The molecular formula is C25H50O2. The third-order valence-electron chi connectivity index (χ3n) is 5.82. The lowest BCUT2D eigenvalue weighted by Gasteiger charge is -2.26. The molecule has 0 bridgehead atoms. The molecule has 0 aliphatic carbocycles. The van der Waals surface area contributed by atoms with Crippen LogP contribution in [0.25, 0.3) is 0 Å². The smallest absolute Gasteiger partial charge is 0.311 e. The van der Waals surface area contributed by atoms with Crippen LogP contribution in [0.15, 0.2) is 0 Å². The van der Waals surface area contributed by atoms with Gasteiger partial charge in [0, 0.05) is 0 Å². The molecule has 0 aromatic carbocycles. The first-order valence-electron chi connectivity index (χ1n) is 12.2. The average Bonchev–Trinajstić information content (AvgIpc) is 2.65. The molecule has 0 N–H and O–H groups in total. The first kappa shape index (κ1) is 26.5. The summed E-state index contributed by atoms with van der Waals surface area (Å²) in [6, 6.07) is 0. The Morgan fingerprint density at radius 3 is 1.63 bits per heavy atom. The Bertz CT molecular complexity index is 335. The van der Waals surface area contributed by atoms with Crippen LogP contribution in [-0.2, 0) is 9.53 Å². The molecule has 2 nitrogen and oxygen atoms in total. The van der Waals surface area contributed by atoms with Crippen LogP contribution in [-0.4, -0.2) is 12.1 Å². The molecule has 1 atom stereocenters. The highest BCUT2D eigenvalue weighted by Crippen LogP contribution is 2.27. The Kier molecular flexibility index (Phi) is 17.2. The highest BCUT2D eigenvalue weighted by atomic mass is 16.5. The SMILES string of the molecule is CCCCCCCCCCCCCC(C)(C)C(=O)OC(CC)CCCCC. The molecule has 27 heavy (non-hydrogen) atoms. The third kappa shape index (κ3) is 15.1. The molecule has 0 heterocycles. The van der Waals surface area contributed by atoms with E-state index >= 15 is 0 Å². The molecule has 162 valence electrons. The van der Waals surface area contributed by atoms with Crippen molar-refractivity contribution in [2.24, 2.45) is 5.41 Å².